The Labute approximate surface area is 251 Å². The molecule has 0 unspecified atom stereocenters. The second-order valence-corrected chi connectivity index (χ2v) is 13.4. The summed E-state index contributed by atoms with van der Waals surface area (Å²) in [4.78, 5) is 27.8. The topological polar surface area (TPSA) is 215 Å². The summed E-state index contributed by atoms with van der Waals surface area (Å²) in [5.74, 6) is -0.629. The summed E-state index contributed by atoms with van der Waals surface area (Å²) in [6.07, 6.45) is 2.11. The van der Waals surface area contributed by atoms with E-state index in [0.29, 0.717) is 12.0 Å². The summed E-state index contributed by atoms with van der Waals surface area (Å²) in [6.45, 7) is 3.97. The molecule has 2 aromatic heterocycles. The van der Waals surface area contributed by atoms with Gasteiger partial charge in [-0.1, -0.05) is 26.0 Å². The van der Waals surface area contributed by atoms with Crippen molar-refractivity contribution >= 4 is 54.2 Å². The number of nitrogens with zero attached hydrogens (tertiary/aromatic N) is 4. The number of nitro groups is 1. The van der Waals surface area contributed by atoms with E-state index in [0.717, 1.165) is 6.07 Å². The minimum absolute atomic E-state index is 0.00122. The molecule has 1 aliphatic heterocycles. The minimum Gasteiger partial charge on any atom is -0.506 e. The molecule has 0 radical (unpaired) electrons. The van der Waals surface area contributed by atoms with Crippen LogP contribution in [0.5, 0.6) is 5.75 Å². The van der Waals surface area contributed by atoms with E-state index in [1.807, 2.05) is 13.8 Å². The molecule has 0 bridgehead atoms. The van der Waals surface area contributed by atoms with Crippen molar-refractivity contribution in [2.24, 2.45) is 10.3 Å². The Kier molecular flexibility index (Phi) is 8.11. The van der Waals surface area contributed by atoms with Gasteiger partial charge in [0, 0.05) is 31.4 Å². The number of non-ortho nitro benzene ring substituents is 1. The van der Waals surface area contributed by atoms with Crippen molar-refractivity contribution in [1.29, 1.82) is 0 Å². The van der Waals surface area contributed by atoms with Crippen LogP contribution in [0.2, 0.25) is 0 Å². The Balaban J connectivity index is 1.44. The van der Waals surface area contributed by atoms with Crippen molar-refractivity contribution in [1.82, 2.24) is 14.3 Å². The quantitative estimate of drug-likeness (QED) is 0.147. The lowest BCUT2D eigenvalue weighted by molar-refractivity contribution is -0.384. The lowest BCUT2D eigenvalue weighted by Crippen LogP contribution is -2.33. The number of aromatic hydroxyl groups is 1. The lowest BCUT2D eigenvalue weighted by Gasteiger charge is -2.21. The molecule has 0 fully saturated rings. The van der Waals surface area contributed by atoms with Crippen LogP contribution in [0.15, 0.2) is 74.9 Å². The minimum atomic E-state index is -4.48. The second-order valence-electron chi connectivity index (χ2n) is 10.3. The normalized spacial score (nSPS) is 14.1. The molecule has 0 aliphatic carbocycles. The van der Waals surface area contributed by atoms with Crippen molar-refractivity contribution < 1.29 is 26.9 Å². The zero-order valence-electron chi connectivity index (χ0n) is 23.4. The average molecular weight is 642 g/mol. The Morgan fingerprint density at radius 1 is 1.14 bits per heavy atom. The highest BCUT2D eigenvalue weighted by atomic mass is 32.2. The smallest absolute Gasteiger partial charge is 0.299 e. The van der Waals surface area contributed by atoms with Crippen molar-refractivity contribution in [2.75, 3.05) is 10.0 Å². The number of aromatic nitrogens is 2. The molecule has 230 valence electrons. The maximum atomic E-state index is 13.6. The first kappa shape index (κ1) is 30.6. The van der Waals surface area contributed by atoms with Crippen LogP contribution in [-0.2, 0) is 33.3 Å². The predicted octanol–water partition coefficient (Wildman–Crippen LogP) is 3.06. The largest absolute Gasteiger partial charge is 0.506 e. The Bertz CT molecular complexity index is 2110. The first-order valence-corrected chi connectivity index (χ1v) is 16.2. The Morgan fingerprint density at radius 2 is 1.91 bits per heavy atom. The number of benzene rings is 2. The second kappa shape index (κ2) is 11.7. The Morgan fingerprint density at radius 3 is 2.64 bits per heavy atom. The summed E-state index contributed by atoms with van der Waals surface area (Å²) in [5, 5.41) is 25.1. The monoisotopic (exact) mass is 641 g/mol. The number of pyridine rings is 2. The lowest BCUT2D eigenvalue weighted by atomic mass is 10.1. The number of amidine groups is 1. The third kappa shape index (κ3) is 6.24. The van der Waals surface area contributed by atoms with Gasteiger partial charge in [0.25, 0.3) is 31.5 Å². The van der Waals surface area contributed by atoms with Gasteiger partial charge in [-0.3, -0.25) is 24.2 Å². The number of anilines is 2. The number of sulfonamides is 1. The molecule has 3 heterocycles. The van der Waals surface area contributed by atoms with Gasteiger partial charge in [-0.05, 0) is 48.2 Å². The first-order chi connectivity index (χ1) is 20.8. The number of hydrogen-bond donors (Lipinski definition) is 4. The van der Waals surface area contributed by atoms with E-state index < -0.39 is 42.3 Å². The first-order valence-electron chi connectivity index (χ1n) is 13.2. The molecular weight excluding hydrogens is 614 g/mol. The maximum absolute atomic E-state index is 13.6. The fourth-order valence-electron chi connectivity index (χ4n) is 4.55. The van der Waals surface area contributed by atoms with Gasteiger partial charge in [0.05, 0.1) is 21.7 Å². The van der Waals surface area contributed by atoms with E-state index in [1.165, 1.54) is 47.2 Å². The van der Waals surface area contributed by atoms with Gasteiger partial charge in [0.15, 0.2) is 5.84 Å². The van der Waals surface area contributed by atoms with Gasteiger partial charge >= 0.3 is 0 Å². The molecule has 1 aliphatic rings. The summed E-state index contributed by atoms with van der Waals surface area (Å²) in [5.41, 5.74) is -0.770. The van der Waals surface area contributed by atoms with Gasteiger partial charge in [-0.2, -0.15) is 21.6 Å². The molecule has 4 aromatic rings. The number of fused-ring (bicyclic) bond motifs is 2. The molecule has 2 aromatic carbocycles. The summed E-state index contributed by atoms with van der Waals surface area (Å²) in [6, 6.07) is 12.2. The van der Waals surface area contributed by atoms with Crippen molar-refractivity contribution in [3.8, 4) is 5.75 Å². The molecule has 0 saturated heterocycles. The highest BCUT2D eigenvalue weighted by molar-refractivity contribution is 7.91. The van der Waals surface area contributed by atoms with Crippen molar-refractivity contribution in [3.05, 3.63) is 92.4 Å². The van der Waals surface area contributed by atoms with Crippen LogP contribution in [0.3, 0.4) is 0 Å². The third-order valence-electron chi connectivity index (χ3n) is 6.72. The summed E-state index contributed by atoms with van der Waals surface area (Å²) >= 11 is 0. The van der Waals surface area contributed by atoms with E-state index in [1.54, 1.807) is 12.1 Å². The zero-order valence-corrected chi connectivity index (χ0v) is 25.0. The molecular formula is C27H27N7O8S2. The fourth-order valence-corrected chi connectivity index (χ4v) is 6.57. The average Bonchev–Trinajstić information content (AvgIpc) is 2.96. The number of rotatable bonds is 10. The van der Waals surface area contributed by atoms with Gasteiger partial charge in [-0.25, -0.2) is 4.98 Å². The van der Waals surface area contributed by atoms with Crippen LogP contribution in [0.1, 0.15) is 31.4 Å². The van der Waals surface area contributed by atoms with Crippen LogP contribution in [-0.4, -0.2) is 42.3 Å². The molecule has 44 heavy (non-hydrogen) atoms. The fraction of sp³-hybridized carbons (Fsp3) is 0.222. The molecule has 0 amide bonds. The summed E-state index contributed by atoms with van der Waals surface area (Å²) in [7, 11) is -8.72. The molecule has 0 atom stereocenters. The van der Waals surface area contributed by atoms with E-state index in [4.69, 9.17) is 0 Å². The van der Waals surface area contributed by atoms with E-state index in [-0.39, 0.29) is 57.6 Å². The molecule has 4 N–H and O–H groups in total. The molecule has 0 spiro atoms. The standard InChI is InChI=1S/C27H27N7O8S2/c1-16(2)10-12-33-26-20(7-4-11-28-26)24(35)23(27(33)36)25-30-21-9-8-18(14-22(21)43(39,40)32-25)31-44(41,42)29-15-17-5-3-6-19(13-17)34(37)38/h3-9,11,13-14,16,29,31,35H,10,12,15H2,1-2H3,(H,30,32). The van der Waals surface area contributed by atoms with Crippen LogP contribution >= 0.6 is 0 Å². The van der Waals surface area contributed by atoms with Gasteiger partial charge in [-0.15, -0.1) is 4.40 Å². The van der Waals surface area contributed by atoms with Crippen molar-refractivity contribution in [3.63, 3.8) is 0 Å². The van der Waals surface area contributed by atoms with Crippen molar-refractivity contribution in [2.45, 2.75) is 38.3 Å². The summed E-state index contributed by atoms with van der Waals surface area (Å²) < 4.78 is 61.4. The molecule has 17 heteroatoms. The van der Waals surface area contributed by atoms with Crippen LogP contribution in [0.4, 0.5) is 17.1 Å². The van der Waals surface area contributed by atoms with Gasteiger partial charge < -0.3 is 10.4 Å². The van der Waals surface area contributed by atoms with Crippen LogP contribution in [0.25, 0.3) is 11.0 Å². The molecule has 15 nitrogen and oxygen atoms in total. The number of hydrogen-bond acceptors (Lipinski definition) is 10. The van der Waals surface area contributed by atoms with Gasteiger partial charge in [0.2, 0.25) is 0 Å². The zero-order chi connectivity index (χ0) is 31.8. The third-order valence-corrected chi connectivity index (χ3v) is 9.07. The Hall–Kier alpha value is -4.87. The molecule has 0 saturated carbocycles. The van der Waals surface area contributed by atoms with Crippen LogP contribution < -0.4 is 20.3 Å². The van der Waals surface area contributed by atoms with Gasteiger partial charge in [0.1, 0.15) is 21.9 Å². The number of aryl methyl sites for hydroxylation is 1. The maximum Gasteiger partial charge on any atom is 0.299 e. The highest BCUT2D eigenvalue weighted by Crippen LogP contribution is 2.34. The molecule has 5 rings (SSSR count). The van der Waals surface area contributed by atoms with Crippen LogP contribution in [0, 0.1) is 16.0 Å². The number of nitro benzene ring substituents is 1. The van der Waals surface area contributed by atoms with E-state index >= 15 is 0 Å². The predicted molar refractivity (Wildman–Crippen MR) is 163 cm³/mol. The van der Waals surface area contributed by atoms with E-state index in [9.17, 15) is 36.9 Å². The number of nitrogens with one attached hydrogen (secondary N) is 3. The highest BCUT2D eigenvalue weighted by Gasteiger charge is 2.31. The van der Waals surface area contributed by atoms with E-state index in [2.05, 4.69) is 24.1 Å². The SMILES string of the molecule is CC(C)CCn1c(=O)c(C2=NS(=O)(=O)c3cc(NS(=O)(=O)NCc4cccc([N+](=O)[O-])c4)ccc3N2)c(O)c2cccnc21.